The van der Waals surface area contributed by atoms with Crippen LogP contribution in [0.1, 0.15) is 49.6 Å². The third kappa shape index (κ3) is 4.51. The van der Waals surface area contributed by atoms with Gasteiger partial charge in [-0.25, -0.2) is 4.68 Å². The maximum atomic E-state index is 12.1. The van der Waals surface area contributed by atoms with E-state index in [1.165, 1.54) is 0 Å². The minimum atomic E-state index is -0.141. The Hall–Kier alpha value is -1.47. The SMILES string of the molecule is CCC(C)N(C)CCNC(=O)c1cn(C2CCNCC2)nn1. The highest BCUT2D eigenvalue weighted by molar-refractivity contribution is 5.91. The molecule has 2 heterocycles. The third-order valence-corrected chi connectivity index (χ3v) is 4.52. The molecule has 1 aromatic rings. The molecule has 0 radical (unpaired) electrons. The van der Waals surface area contributed by atoms with Gasteiger partial charge in [0.15, 0.2) is 5.69 Å². The van der Waals surface area contributed by atoms with Crippen molar-refractivity contribution in [2.24, 2.45) is 0 Å². The Morgan fingerprint density at radius 3 is 2.95 bits per heavy atom. The van der Waals surface area contributed by atoms with Crippen LogP contribution in [0.3, 0.4) is 0 Å². The average Bonchev–Trinajstić information content (AvgIpc) is 3.04. The van der Waals surface area contributed by atoms with Crippen molar-refractivity contribution < 1.29 is 4.79 Å². The fourth-order valence-electron chi connectivity index (χ4n) is 2.60. The van der Waals surface area contributed by atoms with Gasteiger partial charge in [-0.3, -0.25) is 4.79 Å². The Balaban J connectivity index is 1.79. The molecule has 0 spiro atoms. The molecule has 0 saturated carbocycles. The first-order chi connectivity index (χ1) is 10.6. The lowest BCUT2D eigenvalue weighted by Gasteiger charge is -2.23. The number of nitrogens with one attached hydrogen (secondary N) is 2. The normalized spacial score (nSPS) is 17.6. The van der Waals surface area contributed by atoms with Crippen molar-refractivity contribution in [1.82, 2.24) is 30.5 Å². The van der Waals surface area contributed by atoms with Gasteiger partial charge in [0, 0.05) is 19.1 Å². The molecule has 1 aliphatic rings. The molecule has 1 aromatic heterocycles. The zero-order valence-electron chi connectivity index (χ0n) is 13.9. The molecule has 1 amide bonds. The number of piperidine rings is 1. The Labute approximate surface area is 132 Å². The van der Waals surface area contributed by atoms with Gasteiger partial charge in [0.1, 0.15) is 0 Å². The number of amides is 1. The van der Waals surface area contributed by atoms with E-state index in [4.69, 9.17) is 0 Å². The molecule has 1 atom stereocenters. The molecule has 22 heavy (non-hydrogen) atoms. The van der Waals surface area contributed by atoms with Crippen LogP contribution in [-0.2, 0) is 0 Å². The minimum Gasteiger partial charge on any atom is -0.349 e. The summed E-state index contributed by atoms with van der Waals surface area (Å²) >= 11 is 0. The zero-order chi connectivity index (χ0) is 15.9. The smallest absolute Gasteiger partial charge is 0.273 e. The molecule has 0 bridgehead atoms. The lowest BCUT2D eigenvalue weighted by atomic mass is 10.1. The number of aromatic nitrogens is 3. The van der Waals surface area contributed by atoms with Crippen molar-refractivity contribution in [1.29, 1.82) is 0 Å². The van der Waals surface area contributed by atoms with Gasteiger partial charge in [-0.05, 0) is 46.3 Å². The second kappa shape index (κ2) is 8.24. The fraction of sp³-hybridized carbons (Fsp3) is 0.800. The van der Waals surface area contributed by atoms with Crippen LogP contribution < -0.4 is 10.6 Å². The van der Waals surface area contributed by atoms with E-state index in [9.17, 15) is 4.79 Å². The predicted octanol–water partition coefficient (Wildman–Crippen LogP) is 0.663. The van der Waals surface area contributed by atoms with Gasteiger partial charge in [-0.15, -0.1) is 5.10 Å². The maximum absolute atomic E-state index is 12.1. The lowest BCUT2D eigenvalue weighted by molar-refractivity contribution is 0.0942. The van der Waals surface area contributed by atoms with Gasteiger partial charge in [0.05, 0.1) is 12.2 Å². The van der Waals surface area contributed by atoms with Crippen LogP contribution in [0.15, 0.2) is 6.20 Å². The summed E-state index contributed by atoms with van der Waals surface area (Å²) in [6.07, 6.45) is 4.94. The number of hydrogen-bond donors (Lipinski definition) is 2. The van der Waals surface area contributed by atoms with Gasteiger partial charge in [0.25, 0.3) is 5.91 Å². The molecule has 1 unspecified atom stereocenters. The summed E-state index contributed by atoms with van der Waals surface area (Å²) < 4.78 is 1.83. The van der Waals surface area contributed by atoms with Crippen LogP contribution in [0.5, 0.6) is 0 Å². The van der Waals surface area contributed by atoms with Crippen molar-refractivity contribution in [3.63, 3.8) is 0 Å². The molecule has 0 aromatic carbocycles. The molecule has 7 nitrogen and oxygen atoms in total. The highest BCUT2D eigenvalue weighted by atomic mass is 16.2. The number of likely N-dealkylation sites (N-methyl/N-ethyl adjacent to an activating group) is 1. The number of carbonyl (C=O) groups is 1. The lowest BCUT2D eigenvalue weighted by Crippen LogP contribution is -2.37. The van der Waals surface area contributed by atoms with E-state index in [0.29, 0.717) is 24.3 Å². The van der Waals surface area contributed by atoms with Gasteiger partial charge >= 0.3 is 0 Å². The zero-order valence-corrected chi connectivity index (χ0v) is 13.9. The minimum absolute atomic E-state index is 0.141. The van der Waals surface area contributed by atoms with Crippen molar-refractivity contribution >= 4 is 5.91 Å². The fourth-order valence-corrected chi connectivity index (χ4v) is 2.60. The quantitative estimate of drug-likeness (QED) is 0.774. The molecule has 1 fully saturated rings. The molecule has 124 valence electrons. The molecule has 7 heteroatoms. The molecule has 2 rings (SSSR count). The van der Waals surface area contributed by atoms with Gasteiger partial charge < -0.3 is 15.5 Å². The number of hydrogen-bond acceptors (Lipinski definition) is 5. The Morgan fingerprint density at radius 1 is 1.55 bits per heavy atom. The summed E-state index contributed by atoms with van der Waals surface area (Å²) in [6, 6.07) is 0.879. The van der Waals surface area contributed by atoms with Crippen molar-refractivity contribution in [3.05, 3.63) is 11.9 Å². The van der Waals surface area contributed by atoms with Crippen LogP contribution in [0.4, 0.5) is 0 Å². The first-order valence-electron chi connectivity index (χ1n) is 8.22. The summed E-state index contributed by atoms with van der Waals surface area (Å²) in [4.78, 5) is 14.3. The number of carbonyl (C=O) groups excluding carboxylic acids is 1. The van der Waals surface area contributed by atoms with E-state index < -0.39 is 0 Å². The van der Waals surface area contributed by atoms with Crippen molar-refractivity contribution in [2.45, 2.75) is 45.2 Å². The Morgan fingerprint density at radius 2 is 2.27 bits per heavy atom. The summed E-state index contributed by atoms with van der Waals surface area (Å²) in [7, 11) is 2.08. The van der Waals surface area contributed by atoms with Crippen LogP contribution in [0, 0.1) is 0 Å². The molecular formula is C15H28N6O. The van der Waals surface area contributed by atoms with Crippen LogP contribution >= 0.6 is 0 Å². The molecule has 1 saturated heterocycles. The molecule has 2 N–H and O–H groups in total. The van der Waals surface area contributed by atoms with Gasteiger partial charge in [0.2, 0.25) is 0 Å². The molecule has 1 aliphatic heterocycles. The van der Waals surface area contributed by atoms with Crippen molar-refractivity contribution in [3.8, 4) is 0 Å². The highest BCUT2D eigenvalue weighted by Gasteiger charge is 2.18. The summed E-state index contributed by atoms with van der Waals surface area (Å²) in [5, 5.41) is 14.4. The van der Waals surface area contributed by atoms with Crippen LogP contribution in [-0.4, -0.2) is 65.1 Å². The Bertz CT molecular complexity index is 468. The van der Waals surface area contributed by atoms with E-state index in [1.807, 2.05) is 4.68 Å². The first kappa shape index (κ1) is 16.9. The van der Waals surface area contributed by atoms with Gasteiger partial charge in [-0.2, -0.15) is 0 Å². The second-order valence-electron chi connectivity index (χ2n) is 6.06. The van der Waals surface area contributed by atoms with Crippen molar-refractivity contribution in [2.75, 3.05) is 33.2 Å². The molecular weight excluding hydrogens is 280 g/mol. The Kier molecular flexibility index (Phi) is 6.33. The summed E-state index contributed by atoms with van der Waals surface area (Å²) in [5.41, 5.74) is 0.407. The average molecular weight is 308 g/mol. The summed E-state index contributed by atoms with van der Waals surface area (Å²) in [5.74, 6) is -0.141. The first-order valence-corrected chi connectivity index (χ1v) is 8.22. The van der Waals surface area contributed by atoms with E-state index >= 15 is 0 Å². The highest BCUT2D eigenvalue weighted by Crippen LogP contribution is 2.16. The van der Waals surface area contributed by atoms with E-state index in [0.717, 1.165) is 38.9 Å². The summed E-state index contributed by atoms with van der Waals surface area (Å²) in [6.45, 7) is 7.80. The standard InChI is InChI=1S/C15H28N6O/c1-4-12(2)20(3)10-9-17-15(22)14-11-21(19-18-14)13-5-7-16-8-6-13/h11-13,16H,4-10H2,1-3H3,(H,17,22). The van der Waals surface area contributed by atoms with Crippen LogP contribution in [0.2, 0.25) is 0 Å². The third-order valence-electron chi connectivity index (χ3n) is 4.52. The van der Waals surface area contributed by atoms with Gasteiger partial charge in [-0.1, -0.05) is 12.1 Å². The van der Waals surface area contributed by atoms with E-state index in [2.05, 4.69) is 46.7 Å². The topological polar surface area (TPSA) is 75.1 Å². The monoisotopic (exact) mass is 308 g/mol. The van der Waals surface area contributed by atoms with E-state index in [-0.39, 0.29) is 5.91 Å². The second-order valence-corrected chi connectivity index (χ2v) is 6.06. The number of nitrogens with zero attached hydrogens (tertiary/aromatic N) is 4. The largest absolute Gasteiger partial charge is 0.349 e. The maximum Gasteiger partial charge on any atom is 0.273 e. The van der Waals surface area contributed by atoms with E-state index in [1.54, 1.807) is 6.20 Å². The van der Waals surface area contributed by atoms with Crippen LogP contribution in [0.25, 0.3) is 0 Å². The number of rotatable bonds is 7. The molecule has 0 aliphatic carbocycles. The predicted molar refractivity (Wildman–Crippen MR) is 85.9 cm³/mol.